The molecule has 0 aliphatic rings. The van der Waals surface area contributed by atoms with Gasteiger partial charge >= 0.3 is 5.69 Å². The van der Waals surface area contributed by atoms with Gasteiger partial charge in [0.1, 0.15) is 0 Å². The molecule has 3 aromatic rings. The van der Waals surface area contributed by atoms with E-state index in [2.05, 4.69) is 10.3 Å². The van der Waals surface area contributed by atoms with Crippen LogP contribution in [0.3, 0.4) is 0 Å². The second-order valence-corrected chi connectivity index (χ2v) is 7.91. The van der Waals surface area contributed by atoms with Crippen LogP contribution in [0.4, 0.5) is 5.69 Å². The number of hydrogen-bond donors (Lipinski definition) is 1. The van der Waals surface area contributed by atoms with Crippen LogP contribution in [-0.2, 0) is 25.9 Å². The van der Waals surface area contributed by atoms with Gasteiger partial charge in [-0.25, -0.2) is 9.78 Å². The van der Waals surface area contributed by atoms with Gasteiger partial charge in [0.2, 0.25) is 5.91 Å². The summed E-state index contributed by atoms with van der Waals surface area (Å²) in [6.07, 6.45) is 0.260. The fourth-order valence-electron chi connectivity index (χ4n) is 2.82. The molecule has 0 radical (unpaired) electrons. The number of carbonyl (C=O) groups excluding carboxylic acids is 1. The largest absolute Gasteiger partial charge is 0.332 e. The lowest BCUT2D eigenvalue weighted by Gasteiger charge is -2.07. The number of rotatable bonds is 5. The third-order valence-corrected chi connectivity index (χ3v) is 5.88. The van der Waals surface area contributed by atoms with Crippen molar-refractivity contribution in [2.24, 2.45) is 21.1 Å². The fourth-order valence-corrected chi connectivity index (χ4v) is 3.90. The van der Waals surface area contributed by atoms with Crippen LogP contribution in [-0.4, -0.2) is 30.3 Å². The zero-order valence-corrected chi connectivity index (χ0v) is 17.5. The van der Waals surface area contributed by atoms with Crippen LogP contribution in [0.15, 0.2) is 32.9 Å². The predicted molar refractivity (Wildman–Crippen MR) is 111 cm³/mol. The second-order valence-electron chi connectivity index (χ2n) is 6.44. The Hall–Kier alpha value is -2.52. The molecule has 2 heterocycles. The maximum Gasteiger partial charge on any atom is 0.332 e. The number of hydrogen-bond acceptors (Lipinski definition) is 5. The molecule has 1 aromatic carbocycles. The van der Waals surface area contributed by atoms with Crippen molar-refractivity contribution >= 4 is 46.1 Å². The van der Waals surface area contributed by atoms with E-state index in [4.69, 9.17) is 11.6 Å². The fraction of sp³-hybridized carbons (Fsp3) is 0.333. The van der Waals surface area contributed by atoms with E-state index in [1.54, 1.807) is 30.8 Å². The molecule has 0 atom stereocenters. The van der Waals surface area contributed by atoms with Crippen LogP contribution < -0.4 is 16.6 Å². The molecule has 1 N–H and O–H groups in total. The number of nitrogens with zero attached hydrogens (tertiary/aromatic N) is 4. The first kappa shape index (κ1) is 20.2. The minimum atomic E-state index is -0.436. The number of aryl methyl sites for hydroxylation is 3. The molecule has 0 saturated heterocycles. The third-order valence-electron chi connectivity index (χ3n) is 4.44. The quantitative estimate of drug-likeness (QED) is 0.637. The minimum absolute atomic E-state index is 0.144. The van der Waals surface area contributed by atoms with Crippen molar-refractivity contribution in [3.63, 3.8) is 0 Å². The summed E-state index contributed by atoms with van der Waals surface area (Å²) < 4.78 is 4.12. The zero-order chi connectivity index (χ0) is 20.6. The van der Waals surface area contributed by atoms with Crippen LogP contribution in [0, 0.1) is 6.92 Å². The summed E-state index contributed by atoms with van der Waals surface area (Å²) in [7, 11) is 4.76. The summed E-state index contributed by atoms with van der Waals surface area (Å²) in [6.45, 7) is 1.89. The molecule has 0 aliphatic carbocycles. The molecule has 2 aromatic heterocycles. The highest BCUT2D eigenvalue weighted by molar-refractivity contribution is 7.99. The molecule has 0 bridgehead atoms. The maximum absolute atomic E-state index is 12.3. The summed E-state index contributed by atoms with van der Waals surface area (Å²) in [5.74, 6) is 0.325. The summed E-state index contributed by atoms with van der Waals surface area (Å²) in [6, 6.07) is 5.36. The molecule has 0 spiro atoms. The van der Waals surface area contributed by atoms with Gasteiger partial charge < -0.3 is 9.88 Å². The lowest BCUT2D eigenvalue weighted by atomic mass is 10.2. The van der Waals surface area contributed by atoms with E-state index in [1.807, 2.05) is 13.0 Å². The second kappa shape index (κ2) is 7.84. The van der Waals surface area contributed by atoms with Gasteiger partial charge in [0.05, 0.1) is 0 Å². The molecule has 148 valence electrons. The Morgan fingerprint density at radius 3 is 2.57 bits per heavy atom. The lowest BCUT2D eigenvalue weighted by molar-refractivity contribution is -0.115. The number of nitrogens with one attached hydrogen (secondary N) is 1. The van der Waals surface area contributed by atoms with Crippen molar-refractivity contribution in [1.82, 2.24) is 18.7 Å². The van der Waals surface area contributed by atoms with E-state index in [0.29, 0.717) is 27.3 Å². The standard InChI is InChI=1S/C18H20ClN5O3S/c1-10-5-6-11(9-12(10)19)20-13(25)7-8-28-17-21-14-15(22(17)2)23(3)18(27)24(4)16(14)26/h5-6,9H,7-8H2,1-4H3,(H,20,25). The van der Waals surface area contributed by atoms with E-state index in [9.17, 15) is 14.4 Å². The number of amides is 1. The minimum Gasteiger partial charge on any atom is -0.326 e. The van der Waals surface area contributed by atoms with Gasteiger partial charge in [0, 0.05) is 44.0 Å². The number of fused-ring (bicyclic) bond motifs is 1. The van der Waals surface area contributed by atoms with Crippen molar-refractivity contribution in [1.29, 1.82) is 0 Å². The van der Waals surface area contributed by atoms with E-state index >= 15 is 0 Å². The number of aromatic nitrogens is 4. The highest BCUT2D eigenvalue weighted by Crippen LogP contribution is 2.22. The number of benzene rings is 1. The molecule has 3 rings (SSSR count). The summed E-state index contributed by atoms with van der Waals surface area (Å²) in [5.41, 5.74) is 1.43. The maximum atomic E-state index is 12.3. The molecule has 0 unspecified atom stereocenters. The van der Waals surface area contributed by atoms with Crippen molar-refractivity contribution in [2.45, 2.75) is 18.5 Å². The van der Waals surface area contributed by atoms with Crippen LogP contribution in [0.5, 0.6) is 0 Å². The summed E-state index contributed by atoms with van der Waals surface area (Å²) >= 11 is 7.42. The zero-order valence-electron chi connectivity index (χ0n) is 15.9. The third kappa shape index (κ3) is 3.72. The Morgan fingerprint density at radius 2 is 1.89 bits per heavy atom. The SMILES string of the molecule is Cc1ccc(NC(=O)CCSc2nc3c(=O)n(C)c(=O)n(C)c3n2C)cc1Cl. The van der Waals surface area contributed by atoms with Gasteiger partial charge in [0.25, 0.3) is 5.56 Å². The van der Waals surface area contributed by atoms with Gasteiger partial charge in [-0.3, -0.25) is 18.7 Å². The molecule has 0 aliphatic heterocycles. The number of thioether (sulfide) groups is 1. The van der Waals surface area contributed by atoms with Gasteiger partial charge in [-0.1, -0.05) is 29.4 Å². The smallest absolute Gasteiger partial charge is 0.326 e. The normalized spacial score (nSPS) is 11.2. The number of anilines is 1. The van der Waals surface area contributed by atoms with Gasteiger partial charge in [-0.2, -0.15) is 0 Å². The number of carbonyl (C=O) groups is 1. The number of imidazole rings is 1. The monoisotopic (exact) mass is 421 g/mol. The first-order valence-electron chi connectivity index (χ1n) is 8.52. The Labute approximate surface area is 170 Å². The Morgan fingerprint density at radius 1 is 1.18 bits per heavy atom. The average Bonchev–Trinajstić information content (AvgIpc) is 2.98. The topological polar surface area (TPSA) is 90.9 Å². The van der Waals surface area contributed by atoms with Crippen LogP contribution in [0.1, 0.15) is 12.0 Å². The first-order chi connectivity index (χ1) is 13.2. The van der Waals surface area contributed by atoms with Crippen LogP contribution in [0.25, 0.3) is 11.2 Å². The highest BCUT2D eigenvalue weighted by Gasteiger charge is 2.17. The number of halogens is 1. The highest BCUT2D eigenvalue weighted by atomic mass is 35.5. The van der Waals surface area contributed by atoms with E-state index in [-0.39, 0.29) is 17.8 Å². The van der Waals surface area contributed by atoms with E-state index in [1.165, 1.54) is 23.4 Å². The van der Waals surface area contributed by atoms with Crippen molar-refractivity contribution in [3.05, 3.63) is 49.6 Å². The molecule has 8 nitrogen and oxygen atoms in total. The molecule has 1 amide bonds. The molecular formula is C18H20ClN5O3S. The summed E-state index contributed by atoms with van der Waals surface area (Å²) in [4.78, 5) is 40.9. The van der Waals surface area contributed by atoms with Crippen LogP contribution in [0.2, 0.25) is 5.02 Å². The van der Waals surface area contributed by atoms with Crippen LogP contribution >= 0.6 is 23.4 Å². The van der Waals surface area contributed by atoms with Crippen molar-refractivity contribution < 1.29 is 4.79 Å². The average molecular weight is 422 g/mol. The lowest BCUT2D eigenvalue weighted by Crippen LogP contribution is -2.37. The Kier molecular flexibility index (Phi) is 5.66. The Bertz CT molecular complexity index is 1190. The van der Waals surface area contributed by atoms with Gasteiger partial charge in [0.15, 0.2) is 16.3 Å². The predicted octanol–water partition coefficient (Wildman–Crippen LogP) is 2.05. The Balaban J connectivity index is 1.71. The molecule has 28 heavy (non-hydrogen) atoms. The molecular weight excluding hydrogens is 402 g/mol. The summed E-state index contributed by atoms with van der Waals surface area (Å²) in [5, 5.41) is 3.97. The molecule has 0 saturated carbocycles. The van der Waals surface area contributed by atoms with Crippen molar-refractivity contribution in [3.8, 4) is 0 Å². The van der Waals surface area contributed by atoms with Gasteiger partial charge in [-0.05, 0) is 24.6 Å². The van der Waals surface area contributed by atoms with E-state index < -0.39 is 11.2 Å². The van der Waals surface area contributed by atoms with Crippen molar-refractivity contribution in [2.75, 3.05) is 11.1 Å². The first-order valence-corrected chi connectivity index (χ1v) is 9.88. The molecule has 10 heteroatoms. The molecule has 0 fully saturated rings. The van der Waals surface area contributed by atoms with Gasteiger partial charge in [-0.15, -0.1) is 0 Å². The van der Waals surface area contributed by atoms with E-state index in [0.717, 1.165) is 10.1 Å².